The summed E-state index contributed by atoms with van der Waals surface area (Å²) in [5, 5.41) is 12.9. The van der Waals surface area contributed by atoms with Crippen molar-refractivity contribution in [3.05, 3.63) is 66.4 Å². The zero-order chi connectivity index (χ0) is 15.4. The summed E-state index contributed by atoms with van der Waals surface area (Å²) in [5.74, 6) is -0.0590. The first kappa shape index (κ1) is 14.4. The largest absolute Gasteiger partial charge is 0.396 e. The van der Waals surface area contributed by atoms with E-state index in [1.807, 2.05) is 65.4 Å². The summed E-state index contributed by atoms with van der Waals surface area (Å²) in [6.45, 7) is 0.415. The third kappa shape index (κ3) is 3.18. The molecule has 0 fully saturated rings. The fraction of sp³-hybridized carbons (Fsp3) is 0.167. The van der Waals surface area contributed by atoms with Gasteiger partial charge in [0, 0.05) is 24.0 Å². The van der Waals surface area contributed by atoms with Crippen LogP contribution in [0.4, 0.5) is 5.69 Å². The number of aliphatic hydroxyl groups is 1. The van der Waals surface area contributed by atoms with E-state index in [4.69, 9.17) is 5.11 Å². The van der Waals surface area contributed by atoms with Crippen LogP contribution in [0.15, 0.2) is 60.8 Å². The Balaban J connectivity index is 1.67. The second-order valence-corrected chi connectivity index (χ2v) is 5.22. The SMILES string of the molecule is O=C(Cn1ccc2ccccc21)Nc1ccc(CCO)cc1. The quantitative estimate of drug-likeness (QED) is 0.760. The molecule has 0 saturated heterocycles. The van der Waals surface area contributed by atoms with Crippen LogP contribution < -0.4 is 5.32 Å². The zero-order valence-electron chi connectivity index (χ0n) is 12.2. The minimum atomic E-state index is -0.0590. The van der Waals surface area contributed by atoms with Crippen molar-refractivity contribution < 1.29 is 9.90 Å². The summed E-state index contributed by atoms with van der Waals surface area (Å²) < 4.78 is 1.94. The Morgan fingerprint density at radius 3 is 2.59 bits per heavy atom. The van der Waals surface area contributed by atoms with Crippen LogP contribution in [0.1, 0.15) is 5.56 Å². The van der Waals surface area contributed by atoms with E-state index >= 15 is 0 Å². The first-order chi connectivity index (χ1) is 10.8. The van der Waals surface area contributed by atoms with Crippen molar-refractivity contribution in [1.29, 1.82) is 0 Å². The van der Waals surface area contributed by atoms with E-state index in [-0.39, 0.29) is 19.1 Å². The lowest BCUT2D eigenvalue weighted by Gasteiger charge is -2.08. The molecule has 1 heterocycles. The molecule has 1 amide bonds. The van der Waals surface area contributed by atoms with Crippen LogP contribution in [0, 0.1) is 0 Å². The van der Waals surface area contributed by atoms with E-state index in [1.165, 1.54) is 0 Å². The lowest BCUT2D eigenvalue weighted by atomic mass is 10.1. The van der Waals surface area contributed by atoms with Gasteiger partial charge in [0.05, 0.1) is 0 Å². The highest BCUT2D eigenvalue weighted by Crippen LogP contribution is 2.15. The second-order valence-electron chi connectivity index (χ2n) is 5.22. The van der Waals surface area contributed by atoms with Crippen LogP contribution in [0.3, 0.4) is 0 Å². The van der Waals surface area contributed by atoms with Crippen LogP contribution in [-0.2, 0) is 17.8 Å². The Labute approximate surface area is 129 Å². The van der Waals surface area contributed by atoms with Gasteiger partial charge in [-0.1, -0.05) is 30.3 Å². The number of hydrogen-bond donors (Lipinski definition) is 2. The van der Waals surface area contributed by atoms with E-state index in [2.05, 4.69) is 5.32 Å². The molecule has 0 aliphatic heterocycles. The van der Waals surface area contributed by atoms with Gasteiger partial charge < -0.3 is 15.0 Å². The maximum atomic E-state index is 12.2. The van der Waals surface area contributed by atoms with Crippen LogP contribution >= 0.6 is 0 Å². The molecular formula is C18H18N2O2. The van der Waals surface area contributed by atoms with Crippen molar-refractivity contribution in [3.63, 3.8) is 0 Å². The number of amides is 1. The number of fused-ring (bicyclic) bond motifs is 1. The van der Waals surface area contributed by atoms with E-state index in [9.17, 15) is 4.79 Å². The van der Waals surface area contributed by atoms with Crippen molar-refractivity contribution in [2.45, 2.75) is 13.0 Å². The highest BCUT2D eigenvalue weighted by molar-refractivity contribution is 5.92. The van der Waals surface area contributed by atoms with Crippen LogP contribution in [0.5, 0.6) is 0 Å². The molecule has 0 bridgehead atoms. The highest BCUT2D eigenvalue weighted by atomic mass is 16.2. The molecule has 0 aliphatic rings. The van der Waals surface area contributed by atoms with Gasteiger partial charge in [-0.05, 0) is 41.6 Å². The minimum absolute atomic E-state index is 0.0590. The number of aliphatic hydroxyl groups excluding tert-OH is 1. The molecule has 2 N–H and O–H groups in total. The molecule has 112 valence electrons. The van der Waals surface area contributed by atoms with Gasteiger partial charge in [0.1, 0.15) is 6.54 Å². The predicted octanol–water partition coefficient (Wildman–Crippen LogP) is 2.81. The summed E-state index contributed by atoms with van der Waals surface area (Å²) in [6.07, 6.45) is 2.55. The first-order valence-corrected chi connectivity index (χ1v) is 7.30. The number of carbonyl (C=O) groups is 1. The molecular weight excluding hydrogens is 276 g/mol. The number of para-hydroxylation sites is 1. The molecule has 2 aromatic carbocycles. The first-order valence-electron chi connectivity index (χ1n) is 7.30. The van der Waals surface area contributed by atoms with E-state index in [0.29, 0.717) is 6.42 Å². The number of aromatic nitrogens is 1. The number of nitrogens with zero attached hydrogens (tertiary/aromatic N) is 1. The third-order valence-electron chi connectivity index (χ3n) is 3.63. The van der Waals surface area contributed by atoms with Gasteiger partial charge in [0.25, 0.3) is 0 Å². The van der Waals surface area contributed by atoms with Crippen molar-refractivity contribution in [2.75, 3.05) is 11.9 Å². The van der Waals surface area contributed by atoms with Gasteiger partial charge in [-0.3, -0.25) is 4.79 Å². The fourth-order valence-corrected chi connectivity index (χ4v) is 2.52. The molecule has 0 unspecified atom stereocenters. The predicted molar refractivity (Wildman–Crippen MR) is 87.8 cm³/mol. The second kappa shape index (κ2) is 6.45. The van der Waals surface area contributed by atoms with Crippen LogP contribution in [-0.4, -0.2) is 22.2 Å². The number of carbonyl (C=O) groups excluding carboxylic acids is 1. The van der Waals surface area contributed by atoms with Gasteiger partial charge in [-0.15, -0.1) is 0 Å². The Morgan fingerprint density at radius 1 is 1.05 bits per heavy atom. The topological polar surface area (TPSA) is 54.3 Å². The van der Waals surface area contributed by atoms with Crippen molar-refractivity contribution in [1.82, 2.24) is 4.57 Å². The van der Waals surface area contributed by atoms with Crippen molar-refractivity contribution >= 4 is 22.5 Å². The molecule has 0 radical (unpaired) electrons. The van der Waals surface area contributed by atoms with E-state index in [0.717, 1.165) is 22.2 Å². The molecule has 4 heteroatoms. The summed E-state index contributed by atoms with van der Waals surface area (Å²) >= 11 is 0. The molecule has 0 atom stereocenters. The summed E-state index contributed by atoms with van der Waals surface area (Å²) in [6, 6.07) is 17.5. The molecule has 0 spiro atoms. The van der Waals surface area contributed by atoms with E-state index < -0.39 is 0 Å². The minimum Gasteiger partial charge on any atom is -0.396 e. The van der Waals surface area contributed by atoms with Gasteiger partial charge >= 0.3 is 0 Å². The zero-order valence-corrected chi connectivity index (χ0v) is 12.2. The summed E-state index contributed by atoms with van der Waals surface area (Å²) in [5.41, 5.74) is 2.87. The number of anilines is 1. The fourth-order valence-electron chi connectivity index (χ4n) is 2.52. The van der Waals surface area contributed by atoms with E-state index in [1.54, 1.807) is 0 Å². The van der Waals surface area contributed by atoms with Gasteiger partial charge in [-0.2, -0.15) is 0 Å². The average Bonchev–Trinajstić information content (AvgIpc) is 2.93. The molecule has 0 saturated carbocycles. The van der Waals surface area contributed by atoms with Gasteiger partial charge in [-0.25, -0.2) is 0 Å². The summed E-state index contributed by atoms with van der Waals surface area (Å²) in [4.78, 5) is 12.2. The lowest BCUT2D eigenvalue weighted by molar-refractivity contribution is -0.116. The van der Waals surface area contributed by atoms with Crippen molar-refractivity contribution in [3.8, 4) is 0 Å². The number of hydrogen-bond acceptors (Lipinski definition) is 2. The standard InChI is InChI=1S/C18H18N2O2/c21-12-10-14-5-7-16(8-6-14)19-18(22)13-20-11-9-15-3-1-2-4-17(15)20/h1-9,11,21H,10,12-13H2,(H,19,22). The Kier molecular flexibility index (Phi) is 4.21. The Morgan fingerprint density at radius 2 is 1.82 bits per heavy atom. The lowest BCUT2D eigenvalue weighted by Crippen LogP contribution is -2.18. The van der Waals surface area contributed by atoms with Gasteiger partial charge in [0.2, 0.25) is 5.91 Å². The maximum absolute atomic E-state index is 12.2. The molecule has 3 rings (SSSR count). The molecule has 3 aromatic rings. The molecule has 0 aliphatic carbocycles. The molecule has 22 heavy (non-hydrogen) atoms. The number of nitrogens with one attached hydrogen (secondary N) is 1. The normalized spacial score (nSPS) is 10.8. The van der Waals surface area contributed by atoms with Gasteiger partial charge in [0.15, 0.2) is 0 Å². The smallest absolute Gasteiger partial charge is 0.244 e. The molecule has 1 aromatic heterocycles. The average molecular weight is 294 g/mol. The monoisotopic (exact) mass is 294 g/mol. The number of benzene rings is 2. The molecule has 4 nitrogen and oxygen atoms in total. The number of rotatable bonds is 5. The highest BCUT2D eigenvalue weighted by Gasteiger charge is 2.06. The van der Waals surface area contributed by atoms with Crippen LogP contribution in [0.2, 0.25) is 0 Å². The van der Waals surface area contributed by atoms with Crippen molar-refractivity contribution in [2.24, 2.45) is 0 Å². The van der Waals surface area contributed by atoms with Crippen LogP contribution in [0.25, 0.3) is 10.9 Å². The third-order valence-corrected chi connectivity index (χ3v) is 3.63. The maximum Gasteiger partial charge on any atom is 0.244 e. The summed E-state index contributed by atoms with van der Waals surface area (Å²) in [7, 11) is 0. The Bertz CT molecular complexity index is 775. The Hall–Kier alpha value is -2.59.